The van der Waals surface area contributed by atoms with Crippen molar-refractivity contribution in [1.29, 1.82) is 0 Å². The van der Waals surface area contributed by atoms with Crippen LogP contribution in [0.4, 0.5) is 5.69 Å². The number of hydrogen-bond acceptors (Lipinski definition) is 5. The summed E-state index contributed by atoms with van der Waals surface area (Å²) >= 11 is 0. The third kappa shape index (κ3) is 7.12. The maximum Gasteiger partial charge on any atom is 0.330 e. The van der Waals surface area contributed by atoms with Gasteiger partial charge in [-0.15, -0.1) is 0 Å². The molecule has 0 spiro atoms. The third-order valence-electron chi connectivity index (χ3n) is 2.93. The van der Waals surface area contributed by atoms with Crippen molar-refractivity contribution in [3.05, 3.63) is 35.9 Å². The number of rotatable bonds is 9. The van der Waals surface area contributed by atoms with Crippen molar-refractivity contribution in [2.45, 2.75) is 25.8 Å². The quantitative estimate of drug-likeness (QED) is 0.467. The van der Waals surface area contributed by atoms with Crippen LogP contribution in [0.2, 0.25) is 0 Å². The van der Waals surface area contributed by atoms with Crippen LogP contribution in [0, 0.1) is 0 Å². The lowest BCUT2D eigenvalue weighted by molar-refractivity contribution is -0.138. The molecule has 0 saturated carbocycles. The van der Waals surface area contributed by atoms with Crippen molar-refractivity contribution in [1.82, 2.24) is 0 Å². The predicted octanol–water partition coefficient (Wildman–Crippen LogP) is 1.39. The van der Waals surface area contributed by atoms with Crippen LogP contribution in [-0.2, 0) is 19.1 Å². The van der Waals surface area contributed by atoms with Gasteiger partial charge in [0.2, 0.25) is 5.91 Å². The zero-order valence-corrected chi connectivity index (χ0v) is 12.8. The van der Waals surface area contributed by atoms with Crippen LogP contribution >= 0.6 is 0 Å². The fourth-order valence-electron chi connectivity index (χ4n) is 1.79. The van der Waals surface area contributed by atoms with E-state index < -0.39 is 23.9 Å². The number of primary amides is 1. The Morgan fingerprint density at radius 3 is 2.48 bits per heavy atom. The highest BCUT2D eigenvalue weighted by Gasteiger charge is 2.17. The molecule has 7 nitrogen and oxygen atoms in total. The van der Waals surface area contributed by atoms with Crippen molar-refractivity contribution in [2.24, 2.45) is 5.73 Å². The van der Waals surface area contributed by atoms with Crippen molar-refractivity contribution >= 4 is 29.6 Å². The van der Waals surface area contributed by atoms with Crippen LogP contribution in [0.5, 0.6) is 0 Å². The first kappa shape index (κ1) is 18.2. The van der Waals surface area contributed by atoms with Crippen LogP contribution in [0.15, 0.2) is 30.3 Å². The van der Waals surface area contributed by atoms with E-state index in [9.17, 15) is 14.4 Å². The molecule has 1 atom stereocenters. The van der Waals surface area contributed by atoms with Crippen molar-refractivity contribution in [3.8, 4) is 0 Å². The molecular formula is C16H20N2O5. The van der Waals surface area contributed by atoms with Crippen molar-refractivity contribution in [2.75, 3.05) is 11.9 Å². The minimum absolute atomic E-state index is 0.00960. The number of benzene rings is 1. The number of ether oxygens (including phenoxy) is 1. The smallest absolute Gasteiger partial charge is 0.330 e. The maximum absolute atomic E-state index is 11.2. The zero-order valence-electron chi connectivity index (χ0n) is 12.8. The lowest BCUT2D eigenvalue weighted by Gasteiger charge is -2.15. The SMILES string of the molecule is CCOC(=O)/C=C/c1ccc(N[C@@H](CCC(N)=O)C(=O)O)cc1. The molecule has 0 aromatic heterocycles. The molecule has 0 heterocycles. The summed E-state index contributed by atoms with van der Waals surface area (Å²) in [7, 11) is 0. The van der Waals surface area contributed by atoms with Gasteiger partial charge in [0.25, 0.3) is 0 Å². The minimum atomic E-state index is -1.06. The fraction of sp³-hybridized carbons (Fsp3) is 0.312. The number of nitrogens with one attached hydrogen (secondary N) is 1. The van der Waals surface area contributed by atoms with E-state index in [1.807, 2.05) is 0 Å². The fourth-order valence-corrected chi connectivity index (χ4v) is 1.79. The molecule has 0 saturated heterocycles. The third-order valence-corrected chi connectivity index (χ3v) is 2.93. The molecule has 0 aliphatic carbocycles. The van der Waals surface area contributed by atoms with E-state index in [2.05, 4.69) is 5.32 Å². The number of amides is 1. The van der Waals surface area contributed by atoms with Crippen LogP contribution in [0.3, 0.4) is 0 Å². The maximum atomic E-state index is 11.2. The average Bonchev–Trinajstić information content (AvgIpc) is 2.50. The van der Waals surface area contributed by atoms with E-state index >= 15 is 0 Å². The molecule has 0 bridgehead atoms. The normalized spacial score (nSPS) is 11.9. The van der Waals surface area contributed by atoms with Crippen molar-refractivity contribution < 1.29 is 24.2 Å². The van der Waals surface area contributed by atoms with Gasteiger partial charge in [0, 0.05) is 18.2 Å². The van der Waals surface area contributed by atoms with Gasteiger partial charge >= 0.3 is 11.9 Å². The average molecular weight is 320 g/mol. The lowest BCUT2D eigenvalue weighted by Crippen LogP contribution is -2.30. The topological polar surface area (TPSA) is 119 Å². The molecule has 0 aliphatic heterocycles. The Bertz CT molecular complexity index is 581. The highest BCUT2D eigenvalue weighted by atomic mass is 16.5. The summed E-state index contributed by atoms with van der Waals surface area (Å²) in [5, 5.41) is 11.9. The van der Waals surface area contributed by atoms with Gasteiger partial charge in [-0.05, 0) is 37.1 Å². The van der Waals surface area contributed by atoms with Gasteiger partial charge in [0.1, 0.15) is 6.04 Å². The van der Waals surface area contributed by atoms with Gasteiger partial charge in [-0.25, -0.2) is 9.59 Å². The number of carboxylic acids is 1. The van der Waals surface area contributed by atoms with Gasteiger partial charge in [-0.1, -0.05) is 12.1 Å². The van der Waals surface area contributed by atoms with Gasteiger partial charge in [-0.2, -0.15) is 0 Å². The Morgan fingerprint density at radius 1 is 1.30 bits per heavy atom. The second kappa shape index (κ2) is 9.24. The number of aliphatic carboxylic acids is 1. The number of nitrogens with two attached hydrogens (primary N) is 1. The summed E-state index contributed by atoms with van der Waals surface area (Å²) in [5.41, 5.74) is 6.39. The van der Waals surface area contributed by atoms with Crippen molar-refractivity contribution in [3.63, 3.8) is 0 Å². The predicted molar refractivity (Wildman–Crippen MR) is 85.6 cm³/mol. The van der Waals surface area contributed by atoms with E-state index in [1.165, 1.54) is 6.08 Å². The van der Waals surface area contributed by atoms with Crippen LogP contribution in [0.25, 0.3) is 6.08 Å². The Hall–Kier alpha value is -2.83. The summed E-state index contributed by atoms with van der Waals surface area (Å²) in [5.74, 6) is -2.03. The first-order valence-electron chi connectivity index (χ1n) is 7.15. The van der Waals surface area contributed by atoms with E-state index in [-0.39, 0.29) is 12.8 Å². The second-order valence-electron chi connectivity index (χ2n) is 4.75. The number of anilines is 1. The van der Waals surface area contributed by atoms with Crippen LogP contribution < -0.4 is 11.1 Å². The summed E-state index contributed by atoms with van der Waals surface area (Å²) in [6.07, 6.45) is 3.02. The number of hydrogen-bond donors (Lipinski definition) is 3. The summed E-state index contributed by atoms with van der Waals surface area (Å²) in [6, 6.07) is 5.93. The van der Waals surface area contributed by atoms with Gasteiger partial charge in [0.15, 0.2) is 0 Å². The van der Waals surface area contributed by atoms with Gasteiger partial charge in [0.05, 0.1) is 6.61 Å². The minimum Gasteiger partial charge on any atom is -0.480 e. The van der Waals surface area contributed by atoms with Crippen LogP contribution in [-0.4, -0.2) is 35.6 Å². The number of carboxylic acid groups (broad SMARTS) is 1. The van der Waals surface area contributed by atoms with E-state index in [1.54, 1.807) is 37.3 Å². The first-order valence-corrected chi connectivity index (χ1v) is 7.15. The Labute approximate surface area is 134 Å². The lowest BCUT2D eigenvalue weighted by atomic mass is 10.1. The largest absolute Gasteiger partial charge is 0.480 e. The zero-order chi connectivity index (χ0) is 17.2. The highest BCUT2D eigenvalue weighted by molar-refractivity contribution is 5.87. The monoisotopic (exact) mass is 320 g/mol. The van der Waals surface area contributed by atoms with Gasteiger partial charge < -0.3 is 20.9 Å². The highest BCUT2D eigenvalue weighted by Crippen LogP contribution is 2.14. The molecule has 124 valence electrons. The second-order valence-corrected chi connectivity index (χ2v) is 4.75. The van der Waals surface area contributed by atoms with Crippen LogP contribution in [0.1, 0.15) is 25.3 Å². The number of esters is 1. The molecular weight excluding hydrogens is 300 g/mol. The standard InChI is InChI=1S/C16H20N2O5/c1-2-23-15(20)10-5-11-3-6-12(7-4-11)18-13(16(21)22)8-9-14(17)19/h3-7,10,13,18H,2,8-9H2,1H3,(H2,17,19)(H,21,22)/b10-5+/t13-/m0/s1. The molecule has 1 amide bonds. The molecule has 0 fully saturated rings. The molecule has 7 heteroatoms. The molecule has 23 heavy (non-hydrogen) atoms. The molecule has 4 N–H and O–H groups in total. The molecule has 0 unspecified atom stereocenters. The van der Waals surface area contributed by atoms with E-state index in [4.69, 9.17) is 15.6 Å². The van der Waals surface area contributed by atoms with E-state index in [0.717, 1.165) is 5.56 Å². The Balaban J connectivity index is 2.66. The molecule has 1 aromatic carbocycles. The molecule has 1 rings (SSSR count). The Kier molecular flexibility index (Phi) is 7.32. The summed E-state index contributed by atoms with van der Waals surface area (Å²) in [4.78, 5) is 33.1. The number of carbonyl (C=O) groups excluding carboxylic acids is 2. The summed E-state index contributed by atoms with van der Waals surface area (Å²) in [6.45, 7) is 2.04. The number of carbonyl (C=O) groups is 3. The first-order chi connectivity index (χ1) is 10.9. The molecule has 1 aromatic rings. The van der Waals surface area contributed by atoms with Gasteiger partial charge in [-0.3, -0.25) is 4.79 Å². The summed E-state index contributed by atoms with van der Waals surface area (Å²) < 4.78 is 4.77. The molecule has 0 radical (unpaired) electrons. The Morgan fingerprint density at radius 2 is 1.96 bits per heavy atom. The van der Waals surface area contributed by atoms with E-state index in [0.29, 0.717) is 12.3 Å². The molecule has 0 aliphatic rings.